The van der Waals surface area contributed by atoms with E-state index in [9.17, 15) is 4.79 Å². The van der Waals surface area contributed by atoms with E-state index in [1.165, 1.54) is 25.6 Å². The number of benzene rings is 2. The second-order valence-corrected chi connectivity index (χ2v) is 7.29. The molecule has 0 unspecified atom stereocenters. The molecule has 2 aromatic carbocycles. The first-order valence-corrected chi connectivity index (χ1v) is 9.77. The van der Waals surface area contributed by atoms with Gasteiger partial charge in [-0.15, -0.1) is 0 Å². The number of hydrogen-bond acceptors (Lipinski definition) is 7. The SMILES string of the molecule is COc1cccc(OC)c1C(=O)Nc1nc2ccc(N3CCOCC3)cc2s1. The summed E-state index contributed by atoms with van der Waals surface area (Å²) in [5, 5.41) is 3.41. The molecule has 3 aromatic rings. The molecule has 1 aliphatic heterocycles. The molecule has 0 saturated carbocycles. The van der Waals surface area contributed by atoms with Gasteiger partial charge in [-0.05, 0) is 30.3 Å². The van der Waals surface area contributed by atoms with Crippen LogP contribution in [0.4, 0.5) is 10.8 Å². The molecule has 7 nitrogen and oxygen atoms in total. The molecule has 1 aliphatic rings. The Balaban J connectivity index is 1.59. The van der Waals surface area contributed by atoms with E-state index in [-0.39, 0.29) is 5.91 Å². The number of nitrogens with zero attached hydrogens (tertiary/aromatic N) is 2. The number of ether oxygens (including phenoxy) is 3. The molecule has 0 radical (unpaired) electrons. The fourth-order valence-electron chi connectivity index (χ4n) is 3.22. The number of methoxy groups -OCH3 is 2. The Hall–Kier alpha value is -2.84. The number of morpholine rings is 1. The minimum absolute atomic E-state index is 0.318. The van der Waals surface area contributed by atoms with Crippen molar-refractivity contribution in [3.05, 3.63) is 42.0 Å². The Labute approximate surface area is 166 Å². The molecule has 0 aliphatic carbocycles. The zero-order chi connectivity index (χ0) is 19.5. The van der Waals surface area contributed by atoms with Crippen LogP contribution in [-0.4, -0.2) is 51.4 Å². The lowest BCUT2D eigenvalue weighted by Gasteiger charge is -2.28. The summed E-state index contributed by atoms with van der Waals surface area (Å²) >= 11 is 1.44. The van der Waals surface area contributed by atoms with Gasteiger partial charge in [-0.1, -0.05) is 17.4 Å². The van der Waals surface area contributed by atoms with Gasteiger partial charge in [-0.3, -0.25) is 10.1 Å². The van der Waals surface area contributed by atoms with Crippen molar-refractivity contribution in [2.75, 3.05) is 50.7 Å². The lowest BCUT2D eigenvalue weighted by atomic mass is 10.1. The molecule has 2 heterocycles. The Morgan fingerprint density at radius 3 is 2.54 bits per heavy atom. The number of nitrogens with one attached hydrogen (secondary N) is 1. The quantitative estimate of drug-likeness (QED) is 0.709. The predicted octanol–water partition coefficient (Wildman–Crippen LogP) is 3.40. The Morgan fingerprint density at radius 2 is 1.86 bits per heavy atom. The summed E-state index contributed by atoms with van der Waals surface area (Å²) < 4.78 is 17.1. The summed E-state index contributed by atoms with van der Waals surface area (Å²) in [6, 6.07) is 11.4. The largest absolute Gasteiger partial charge is 0.496 e. The molecule has 1 saturated heterocycles. The lowest BCUT2D eigenvalue weighted by molar-refractivity contribution is 0.102. The average Bonchev–Trinajstić information content (AvgIpc) is 3.14. The van der Waals surface area contributed by atoms with E-state index in [0.717, 1.165) is 42.2 Å². The molecule has 0 atom stereocenters. The van der Waals surface area contributed by atoms with E-state index < -0.39 is 0 Å². The number of carbonyl (C=O) groups excluding carboxylic acids is 1. The van der Waals surface area contributed by atoms with E-state index in [4.69, 9.17) is 14.2 Å². The van der Waals surface area contributed by atoms with Gasteiger partial charge in [0.15, 0.2) is 5.13 Å². The van der Waals surface area contributed by atoms with Gasteiger partial charge in [0.25, 0.3) is 5.91 Å². The number of amides is 1. The second kappa shape index (κ2) is 8.04. The fraction of sp³-hybridized carbons (Fsp3) is 0.300. The molecule has 1 fully saturated rings. The number of hydrogen-bond donors (Lipinski definition) is 1. The number of fused-ring (bicyclic) bond motifs is 1. The molecule has 1 aromatic heterocycles. The molecule has 28 heavy (non-hydrogen) atoms. The summed E-state index contributed by atoms with van der Waals surface area (Å²) in [5.41, 5.74) is 2.34. The second-order valence-electron chi connectivity index (χ2n) is 6.26. The Kier molecular flexibility index (Phi) is 5.31. The third-order valence-electron chi connectivity index (χ3n) is 4.62. The van der Waals surface area contributed by atoms with E-state index in [1.54, 1.807) is 18.2 Å². The van der Waals surface area contributed by atoms with Gasteiger partial charge in [-0.25, -0.2) is 4.98 Å². The van der Waals surface area contributed by atoms with Gasteiger partial charge in [0.1, 0.15) is 17.1 Å². The Bertz CT molecular complexity index is 976. The molecule has 4 rings (SSSR count). The third kappa shape index (κ3) is 3.61. The van der Waals surface area contributed by atoms with Crippen LogP contribution in [0.3, 0.4) is 0 Å². The highest BCUT2D eigenvalue weighted by Gasteiger charge is 2.20. The molecule has 8 heteroatoms. The maximum atomic E-state index is 12.8. The van der Waals surface area contributed by atoms with E-state index in [0.29, 0.717) is 22.2 Å². The van der Waals surface area contributed by atoms with Gasteiger partial charge in [-0.2, -0.15) is 0 Å². The topological polar surface area (TPSA) is 72.9 Å². The summed E-state index contributed by atoms with van der Waals surface area (Å²) in [5.74, 6) is 0.585. The van der Waals surface area contributed by atoms with Gasteiger partial charge >= 0.3 is 0 Å². The van der Waals surface area contributed by atoms with Crippen molar-refractivity contribution >= 4 is 38.3 Å². The van der Waals surface area contributed by atoms with Gasteiger partial charge in [0.05, 0.1) is 37.6 Å². The Morgan fingerprint density at radius 1 is 1.14 bits per heavy atom. The number of thiazole rings is 1. The highest BCUT2D eigenvalue weighted by atomic mass is 32.1. The van der Waals surface area contributed by atoms with Crippen molar-refractivity contribution in [1.29, 1.82) is 0 Å². The average molecular weight is 399 g/mol. The van der Waals surface area contributed by atoms with Crippen molar-refractivity contribution < 1.29 is 19.0 Å². The summed E-state index contributed by atoms with van der Waals surface area (Å²) in [6.45, 7) is 3.23. The van der Waals surface area contributed by atoms with Gasteiger partial charge in [0, 0.05) is 18.8 Å². The van der Waals surface area contributed by atoms with E-state index in [2.05, 4.69) is 27.3 Å². The highest BCUT2D eigenvalue weighted by Crippen LogP contribution is 2.32. The lowest BCUT2D eigenvalue weighted by Crippen LogP contribution is -2.36. The normalized spacial score (nSPS) is 14.1. The summed E-state index contributed by atoms with van der Waals surface area (Å²) in [6.07, 6.45) is 0. The van der Waals surface area contributed by atoms with Gasteiger partial charge in [0.2, 0.25) is 0 Å². The highest BCUT2D eigenvalue weighted by molar-refractivity contribution is 7.22. The van der Waals surface area contributed by atoms with Crippen molar-refractivity contribution in [2.45, 2.75) is 0 Å². The van der Waals surface area contributed by atoms with E-state index >= 15 is 0 Å². The van der Waals surface area contributed by atoms with Crippen LogP contribution < -0.4 is 19.7 Å². The number of carbonyl (C=O) groups is 1. The molecular weight excluding hydrogens is 378 g/mol. The number of anilines is 2. The monoisotopic (exact) mass is 399 g/mol. The van der Waals surface area contributed by atoms with Crippen molar-refractivity contribution in [1.82, 2.24) is 4.98 Å². The van der Waals surface area contributed by atoms with Crippen LogP contribution in [0, 0.1) is 0 Å². The maximum Gasteiger partial charge on any atom is 0.265 e. The van der Waals surface area contributed by atoms with Crippen molar-refractivity contribution in [3.8, 4) is 11.5 Å². The zero-order valence-electron chi connectivity index (χ0n) is 15.7. The van der Waals surface area contributed by atoms with Crippen LogP contribution in [-0.2, 0) is 4.74 Å². The van der Waals surface area contributed by atoms with E-state index in [1.807, 2.05) is 6.07 Å². The van der Waals surface area contributed by atoms with Crippen LogP contribution in [0.2, 0.25) is 0 Å². The minimum atomic E-state index is -0.318. The van der Waals surface area contributed by atoms with Crippen LogP contribution in [0.5, 0.6) is 11.5 Å². The van der Waals surface area contributed by atoms with Gasteiger partial charge < -0.3 is 19.1 Å². The molecule has 1 amide bonds. The first kappa shape index (κ1) is 18.5. The minimum Gasteiger partial charge on any atom is -0.496 e. The first-order chi connectivity index (χ1) is 13.7. The molecule has 0 bridgehead atoms. The summed E-state index contributed by atoms with van der Waals surface area (Å²) in [4.78, 5) is 19.7. The molecule has 0 spiro atoms. The van der Waals surface area contributed by atoms with Crippen molar-refractivity contribution in [2.24, 2.45) is 0 Å². The molecule has 1 N–H and O–H groups in total. The fourth-order valence-corrected chi connectivity index (χ4v) is 4.11. The predicted molar refractivity (Wildman–Crippen MR) is 110 cm³/mol. The number of aromatic nitrogens is 1. The standard InChI is InChI=1S/C20H21N3O4S/c1-25-15-4-3-5-16(26-2)18(15)19(24)22-20-21-14-7-6-13(12-17(14)28-20)23-8-10-27-11-9-23/h3-7,12H,8-11H2,1-2H3,(H,21,22,24). The smallest absolute Gasteiger partial charge is 0.265 e. The van der Waals surface area contributed by atoms with Crippen LogP contribution in [0.15, 0.2) is 36.4 Å². The molecular formula is C20H21N3O4S. The number of rotatable bonds is 5. The van der Waals surface area contributed by atoms with Crippen molar-refractivity contribution in [3.63, 3.8) is 0 Å². The maximum absolute atomic E-state index is 12.8. The molecule has 146 valence electrons. The summed E-state index contributed by atoms with van der Waals surface area (Å²) in [7, 11) is 3.05. The third-order valence-corrected chi connectivity index (χ3v) is 5.56. The van der Waals surface area contributed by atoms with Crippen LogP contribution in [0.25, 0.3) is 10.2 Å². The van der Waals surface area contributed by atoms with Crippen LogP contribution in [0.1, 0.15) is 10.4 Å². The first-order valence-electron chi connectivity index (χ1n) is 8.95. The zero-order valence-corrected chi connectivity index (χ0v) is 16.5. The van der Waals surface area contributed by atoms with Crippen LogP contribution >= 0.6 is 11.3 Å².